The minimum absolute atomic E-state index is 0.281. The molecule has 2 rings (SSSR count). The van der Waals surface area contributed by atoms with Gasteiger partial charge in [0.05, 0.1) is 20.3 Å². The van der Waals surface area contributed by atoms with Gasteiger partial charge in [-0.15, -0.1) is 0 Å². The monoisotopic (exact) mass is 285 g/mol. The molecule has 21 heavy (non-hydrogen) atoms. The van der Waals surface area contributed by atoms with Gasteiger partial charge < -0.3 is 14.8 Å². The van der Waals surface area contributed by atoms with Crippen molar-refractivity contribution in [2.24, 2.45) is 0 Å². The SMILES string of the molecule is CCC(Nc1ccc(OC)c(C)c1)c1ccc(OC)cc1. The summed E-state index contributed by atoms with van der Waals surface area (Å²) in [4.78, 5) is 0. The summed E-state index contributed by atoms with van der Waals surface area (Å²) < 4.78 is 10.5. The highest BCUT2D eigenvalue weighted by Crippen LogP contribution is 2.27. The normalized spacial score (nSPS) is 11.8. The molecule has 0 saturated carbocycles. The van der Waals surface area contributed by atoms with Gasteiger partial charge in [-0.3, -0.25) is 0 Å². The summed E-state index contributed by atoms with van der Waals surface area (Å²) in [6.45, 7) is 4.23. The molecule has 0 heterocycles. The maximum Gasteiger partial charge on any atom is 0.121 e. The Hall–Kier alpha value is -2.16. The summed E-state index contributed by atoms with van der Waals surface area (Å²) >= 11 is 0. The van der Waals surface area contributed by atoms with Gasteiger partial charge in [-0.1, -0.05) is 19.1 Å². The maximum atomic E-state index is 5.30. The van der Waals surface area contributed by atoms with E-state index in [0.29, 0.717) is 0 Å². The number of rotatable bonds is 6. The van der Waals surface area contributed by atoms with E-state index in [0.717, 1.165) is 29.2 Å². The van der Waals surface area contributed by atoms with Gasteiger partial charge >= 0.3 is 0 Å². The molecule has 1 atom stereocenters. The lowest BCUT2D eigenvalue weighted by Crippen LogP contribution is -2.09. The standard InChI is InChI=1S/C18H23NO2/c1-5-17(14-6-9-16(20-3)10-7-14)19-15-8-11-18(21-4)13(2)12-15/h6-12,17,19H,5H2,1-4H3. The van der Waals surface area contributed by atoms with Crippen molar-refractivity contribution in [2.45, 2.75) is 26.3 Å². The fourth-order valence-electron chi connectivity index (χ4n) is 2.43. The predicted molar refractivity (Wildman–Crippen MR) is 87.4 cm³/mol. The second kappa shape index (κ2) is 7.02. The average Bonchev–Trinajstić information content (AvgIpc) is 2.53. The topological polar surface area (TPSA) is 30.5 Å². The summed E-state index contributed by atoms with van der Waals surface area (Å²) in [5.74, 6) is 1.80. The zero-order chi connectivity index (χ0) is 15.2. The summed E-state index contributed by atoms with van der Waals surface area (Å²) in [7, 11) is 3.38. The molecule has 2 aromatic carbocycles. The van der Waals surface area contributed by atoms with Gasteiger partial charge in [0.1, 0.15) is 11.5 Å². The zero-order valence-corrected chi connectivity index (χ0v) is 13.1. The van der Waals surface area contributed by atoms with Gasteiger partial charge in [-0.2, -0.15) is 0 Å². The van der Waals surface area contributed by atoms with E-state index in [1.165, 1.54) is 5.56 Å². The third-order valence-electron chi connectivity index (χ3n) is 3.66. The summed E-state index contributed by atoms with van der Waals surface area (Å²) in [5.41, 5.74) is 3.50. The number of methoxy groups -OCH3 is 2. The first-order valence-corrected chi connectivity index (χ1v) is 7.23. The van der Waals surface area contributed by atoms with Crippen LogP contribution in [0.2, 0.25) is 0 Å². The van der Waals surface area contributed by atoms with E-state index < -0.39 is 0 Å². The lowest BCUT2D eigenvalue weighted by molar-refractivity contribution is 0.411. The lowest BCUT2D eigenvalue weighted by atomic mass is 10.0. The zero-order valence-electron chi connectivity index (χ0n) is 13.1. The van der Waals surface area contributed by atoms with Crippen molar-refractivity contribution in [3.05, 3.63) is 53.6 Å². The Bertz CT molecular complexity index is 578. The number of benzene rings is 2. The predicted octanol–water partition coefficient (Wildman–Crippen LogP) is 4.58. The minimum Gasteiger partial charge on any atom is -0.497 e. The first-order chi connectivity index (χ1) is 10.2. The second-order valence-corrected chi connectivity index (χ2v) is 5.06. The van der Waals surface area contributed by atoms with E-state index in [1.807, 2.05) is 18.2 Å². The van der Waals surface area contributed by atoms with E-state index in [4.69, 9.17) is 9.47 Å². The van der Waals surface area contributed by atoms with Gasteiger partial charge in [-0.05, 0) is 54.8 Å². The molecule has 0 bridgehead atoms. The summed E-state index contributed by atoms with van der Waals surface area (Å²) in [6.07, 6.45) is 1.01. The molecule has 112 valence electrons. The molecule has 0 aromatic heterocycles. The molecule has 2 aromatic rings. The molecule has 0 spiro atoms. The van der Waals surface area contributed by atoms with Gasteiger partial charge in [0.25, 0.3) is 0 Å². The van der Waals surface area contributed by atoms with Crippen LogP contribution < -0.4 is 14.8 Å². The number of hydrogen-bond donors (Lipinski definition) is 1. The number of hydrogen-bond acceptors (Lipinski definition) is 3. The van der Waals surface area contributed by atoms with Crippen LogP contribution in [0.3, 0.4) is 0 Å². The fraction of sp³-hybridized carbons (Fsp3) is 0.333. The quantitative estimate of drug-likeness (QED) is 0.843. The molecule has 0 saturated heterocycles. The van der Waals surface area contributed by atoms with Gasteiger partial charge in [0, 0.05) is 5.69 Å². The summed E-state index contributed by atoms with van der Waals surface area (Å²) in [6, 6.07) is 14.7. The third kappa shape index (κ3) is 3.69. The van der Waals surface area contributed by atoms with Crippen LogP contribution >= 0.6 is 0 Å². The molecule has 3 nitrogen and oxygen atoms in total. The molecule has 0 radical (unpaired) electrons. The largest absolute Gasteiger partial charge is 0.497 e. The van der Waals surface area contributed by atoms with E-state index in [2.05, 4.69) is 43.4 Å². The molecule has 3 heteroatoms. The van der Waals surface area contributed by atoms with E-state index in [1.54, 1.807) is 14.2 Å². The molecular formula is C18H23NO2. The van der Waals surface area contributed by atoms with Crippen LogP contribution in [0.4, 0.5) is 5.69 Å². The van der Waals surface area contributed by atoms with Gasteiger partial charge in [-0.25, -0.2) is 0 Å². The van der Waals surface area contributed by atoms with Crippen molar-refractivity contribution >= 4 is 5.69 Å². The Kier molecular flexibility index (Phi) is 5.09. The fourth-order valence-corrected chi connectivity index (χ4v) is 2.43. The number of nitrogens with one attached hydrogen (secondary N) is 1. The smallest absolute Gasteiger partial charge is 0.121 e. The van der Waals surface area contributed by atoms with Crippen molar-refractivity contribution in [2.75, 3.05) is 19.5 Å². The highest BCUT2D eigenvalue weighted by atomic mass is 16.5. The van der Waals surface area contributed by atoms with Crippen LogP contribution in [0.5, 0.6) is 11.5 Å². The number of anilines is 1. The Morgan fingerprint density at radius 2 is 1.71 bits per heavy atom. The minimum atomic E-state index is 0.281. The van der Waals surface area contributed by atoms with E-state index in [-0.39, 0.29) is 6.04 Å². The van der Waals surface area contributed by atoms with Crippen LogP contribution in [0.25, 0.3) is 0 Å². The van der Waals surface area contributed by atoms with Crippen LogP contribution in [0.1, 0.15) is 30.5 Å². The number of ether oxygens (including phenoxy) is 2. The molecule has 0 aliphatic rings. The Labute approximate surface area is 126 Å². The molecule has 1 N–H and O–H groups in total. The number of aryl methyl sites for hydroxylation is 1. The van der Waals surface area contributed by atoms with Gasteiger partial charge in [0.2, 0.25) is 0 Å². The average molecular weight is 285 g/mol. The first-order valence-electron chi connectivity index (χ1n) is 7.23. The van der Waals surface area contributed by atoms with Crippen molar-refractivity contribution in [1.82, 2.24) is 0 Å². The highest BCUT2D eigenvalue weighted by Gasteiger charge is 2.10. The summed E-state index contributed by atoms with van der Waals surface area (Å²) in [5, 5.41) is 3.58. The molecule has 0 aliphatic carbocycles. The highest BCUT2D eigenvalue weighted by molar-refractivity contribution is 5.52. The van der Waals surface area contributed by atoms with Crippen molar-refractivity contribution < 1.29 is 9.47 Å². The molecule has 0 amide bonds. The molecule has 0 aliphatic heterocycles. The molecule has 1 unspecified atom stereocenters. The lowest BCUT2D eigenvalue weighted by Gasteiger charge is -2.20. The second-order valence-electron chi connectivity index (χ2n) is 5.06. The van der Waals surface area contributed by atoms with Crippen LogP contribution in [-0.4, -0.2) is 14.2 Å². The van der Waals surface area contributed by atoms with Crippen molar-refractivity contribution in [1.29, 1.82) is 0 Å². The molecular weight excluding hydrogens is 262 g/mol. The van der Waals surface area contributed by atoms with E-state index >= 15 is 0 Å². The molecule has 0 fully saturated rings. The Morgan fingerprint density at radius 3 is 2.24 bits per heavy atom. The van der Waals surface area contributed by atoms with Crippen molar-refractivity contribution in [3.63, 3.8) is 0 Å². The van der Waals surface area contributed by atoms with Gasteiger partial charge in [0.15, 0.2) is 0 Å². The maximum absolute atomic E-state index is 5.30. The third-order valence-corrected chi connectivity index (χ3v) is 3.66. The van der Waals surface area contributed by atoms with E-state index in [9.17, 15) is 0 Å². The van der Waals surface area contributed by atoms with Crippen LogP contribution in [0.15, 0.2) is 42.5 Å². The van der Waals surface area contributed by atoms with Crippen molar-refractivity contribution in [3.8, 4) is 11.5 Å². The Balaban J connectivity index is 2.16. The first kappa shape index (κ1) is 15.2. The van der Waals surface area contributed by atoms with Crippen LogP contribution in [0, 0.1) is 6.92 Å². The van der Waals surface area contributed by atoms with Crippen LogP contribution in [-0.2, 0) is 0 Å². The Morgan fingerprint density at radius 1 is 1.00 bits per heavy atom.